The van der Waals surface area contributed by atoms with Crippen LogP contribution in [-0.2, 0) is 6.54 Å². The molecule has 0 radical (unpaired) electrons. The quantitative estimate of drug-likeness (QED) is 0.936. The van der Waals surface area contributed by atoms with Crippen LogP contribution < -0.4 is 10.2 Å². The Morgan fingerprint density at radius 2 is 1.71 bits per heavy atom. The largest absolute Gasteiger partial charge is 0.354 e. The molecule has 24 heavy (non-hydrogen) atoms. The molecule has 1 fully saturated rings. The second kappa shape index (κ2) is 7.18. The summed E-state index contributed by atoms with van der Waals surface area (Å²) in [6.45, 7) is 11.5. The predicted molar refractivity (Wildman–Crippen MR) is 99.3 cm³/mol. The molecule has 2 heterocycles. The molecule has 128 valence electrons. The van der Waals surface area contributed by atoms with Gasteiger partial charge in [0, 0.05) is 44.5 Å². The van der Waals surface area contributed by atoms with E-state index >= 15 is 0 Å². The van der Waals surface area contributed by atoms with Crippen LogP contribution in [0.5, 0.6) is 0 Å². The Hall–Kier alpha value is -2.14. The maximum absolute atomic E-state index is 4.68. The van der Waals surface area contributed by atoms with Crippen molar-refractivity contribution in [2.75, 3.05) is 36.4 Å². The van der Waals surface area contributed by atoms with Crippen molar-refractivity contribution in [2.24, 2.45) is 0 Å². The highest BCUT2D eigenvalue weighted by Gasteiger charge is 2.19. The van der Waals surface area contributed by atoms with Crippen molar-refractivity contribution in [2.45, 2.75) is 32.9 Å². The lowest BCUT2D eigenvalue weighted by Crippen LogP contribution is -2.46. The van der Waals surface area contributed by atoms with Gasteiger partial charge in [-0.3, -0.25) is 4.90 Å². The van der Waals surface area contributed by atoms with Crippen molar-refractivity contribution < 1.29 is 0 Å². The molecule has 1 aliphatic rings. The van der Waals surface area contributed by atoms with Gasteiger partial charge in [0.25, 0.3) is 0 Å². The summed E-state index contributed by atoms with van der Waals surface area (Å²) >= 11 is 0. The molecule has 0 spiro atoms. The molecule has 0 bridgehead atoms. The van der Waals surface area contributed by atoms with Gasteiger partial charge in [0.15, 0.2) is 0 Å². The van der Waals surface area contributed by atoms with E-state index in [4.69, 9.17) is 0 Å². The summed E-state index contributed by atoms with van der Waals surface area (Å²) in [7, 11) is 0. The van der Waals surface area contributed by atoms with E-state index in [1.54, 1.807) is 0 Å². The number of nitrogens with zero attached hydrogens (tertiary/aromatic N) is 4. The molecule has 5 heteroatoms. The van der Waals surface area contributed by atoms with E-state index in [0.29, 0.717) is 5.95 Å². The van der Waals surface area contributed by atoms with Gasteiger partial charge >= 0.3 is 0 Å². The molecule has 0 unspecified atom stereocenters. The second-order valence-electron chi connectivity index (χ2n) is 7.36. The van der Waals surface area contributed by atoms with Crippen LogP contribution in [-0.4, -0.2) is 46.6 Å². The lowest BCUT2D eigenvalue weighted by molar-refractivity contribution is 0.249. The van der Waals surface area contributed by atoms with E-state index < -0.39 is 0 Å². The maximum atomic E-state index is 4.68. The fourth-order valence-electron chi connectivity index (χ4n) is 2.90. The Balaban J connectivity index is 1.57. The highest BCUT2D eigenvalue weighted by atomic mass is 15.3. The zero-order valence-electron chi connectivity index (χ0n) is 14.9. The van der Waals surface area contributed by atoms with Crippen LogP contribution in [0.1, 0.15) is 26.3 Å². The summed E-state index contributed by atoms with van der Waals surface area (Å²) < 4.78 is 0. The van der Waals surface area contributed by atoms with Crippen LogP contribution in [0.3, 0.4) is 0 Å². The van der Waals surface area contributed by atoms with Gasteiger partial charge in [0.1, 0.15) is 5.82 Å². The van der Waals surface area contributed by atoms with Crippen molar-refractivity contribution >= 4 is 11.8 Å². The van der Waals surface area contributed by atoms with E-state index in [0.717, 1.165) is 38.5 Å². The van der Waals surface area contributed by atoms with E-state index in [1.165, 1.54) is 5.56 Å². The lowest BCUT2D eigenvalue weighted by Gasteiger charge is -2.35. The monoisotopic (exact) mass is 325 g/mol. The fraction of sp³-hybridized carbons (Fsp3) is 0.474. The van der Waals surface area contributed by atoms with Gasteiger partial charge < -0.3 is 10.2 Å². The summed E-state index contributed by atoms with van der Waals surface area (Å²) in [4.78, 5) is 13.9. The fourth-order valence-corrected chi connectivity index (χ4v) is 2.90. The first-order chi connectivity index (χ1) is 11.5. The van der Waals surface area contributed by atoms with Crippen molar-refractivity contribution in [3.8, 4) is 0 Å². The number of aromatic nitrogens is 2. The number of rotatable bonds is 4. The average Bonchev–Trinajstić information content (AvgIpc) is 2.55. The smallest absolute Gasteiger partial charge is 0.225 e. The minimum atomic E-state index is -0.0347. The minimum absolute atomic E-state index is 0.0347. The molecular weight excluding hydrogens is 298 g/mol. The Morgan fingerprint density at radius 1 is 1.00 bits per heavy atom. The molecule has 1 aromatic carbocycles. The van der Waals surface area contributed by atoms with Gasteiger partial charge in [-0.15, -0.1) is 0 Å². The first-order valence-electron chi connectivity index (χ1n) is 8.62. The average molecular weight is 325 g/mol. The summed E-state index contributed by atoms with van der Waals surface area (Å²) in [5, 5.41) is 3.34. The highest BCUT2D eigenvalue weighted by molar-refractivity contribution is 5.43. The third-order valence-corrected chi connectivity index (χ3v) is 4.07. The summed E-state index contributed by atoms with van der Waals surface area (Å²) in [5.74, 6) is 1.71. The van der Waals surface area contributed by atoms with Crippen LogP contribution in [0.25, 0.3) is 0 Å². The normalized spacial score (nSPS) is 16.2. The van der Waals surface area contributed by atoms with E-state index in [1.807, 2.05) is 12.3 Å². The van der Waals surface area contributed by atoms with Crippen LogP contribution in [0.4, 0.5) is 11.8 Å². The van der Waals surface area contributed by atoms with Crippen molar-refractivity contribution in [1.29, 1.82) is 0 Å². The molecule has 2 aromatic rings. The molecule has 1 saturated heterocycles. The van der Waals surface area contributed by atoms with Crippen LogP contribution in [0.2, 0.25) is 0 Å². The third kappa shape index (κ3) is 4.68. The van der Waals surface area contributed by atoms with Crippen LogP contribution in [0.15, 0.2) is 42.6 Å². The Morgan fingerprint density at radius 3 is 2.38 bits per heavy atom. The lowest BCUT2D eigenvalue weighted by atomic mass is 10.1. The third-order valence-electron chi connectivity index (χ3n) is 4.07. The number of hydrogen-bond acceptors (Lipinski definition) is 5. The zero-order valence-corrected chi connectivity index (χ0v) is 14.9. The summed E-state index contributed by atoms with van der Waals surface area (Å²) in [6.07, 6.45) is 1.84. The molecule has 0 saturated carbocycles. The number of anilines is 2. The SMILES string of the molecule is CC(C)(C)Nc1nccc(N2CCN(Cc3ccccc3)CC2)n1. The van der Waals surface area contributed by atoms with Gasteiger partial charge in [0.2, 0.25) is 5.95 Å². The zero-order chi connectivity index (χ0) is 17.0. The molecule has 0 amide bonds. The van der Waals surface area contributed by atoms with E-state index in [9.17, 15) is 0 Å². The Labute approximate surface area is 144 Å². The molecule has 0 atom stereocenters. The van der Waals surface area contributed by atoms with E-state index in [-0.39, 0.29) is 5.54 Å². The van der Waals surface area contributed by atoms with Gasteiger partial charge in [-0.1, -0.05) is 30.3 Å². The predicted octanol–water partition coefficient (Wildman–Crippen LogP) is 3.01. The van der Waals surface area contributed by atoms with Gasteiger partial charge in [-0.05, 0) is 32.4 Å². The first-order valence-corrected chi connectivity index (χ1v) is 8.62. The maximum Gasteiger partial charge on any atom is 0.225 e. The Bertz CT molecular complexity index is 642. The standard InChI is InChI=1S/C19H27N5/c1-19(2,3)22-18-20-10-9-17(21-18)24-13-11-23(12-14-24)15-16-7-5-4-6-8-16/h4-10H,11-15H2,1-3H3,(H,20,21,22). The van der Waals surface area contributed by atoms with Crippen LogP contribution >= 0.6 is 0 Å². The van der Waals surface area contributed by atoms with Gasteiger partial charge in [-0.25, -0.2) is 4.98 Å². The molecule has 1 aliphatic heterocycles. The van der Waals surface area contributed by atoms with Crippen molar-refractivity contribution in [3.63, 3.8) is 0 Å². The van der Waals surface area contributed by atoms with Crippen LogP contribution in [0, 0.1) is 0 Å². The minimum Gasteiger partial charge on any atom is -0.354 e. The number of benzene rings is 1. The van der Waals surface area contributed by atoms with Gasteiger partial charge in [0.05, 0.1) is 0 Å². The Kier molecular flexibility index (Phi) is 5.00. The molecular formula is C19H27N5. The molecule has 5 nitrogen and oxygen atoms in total. The molecule has 1 N–H and O–H groups in total. The molecule has 1 aromatic heterocycles. The molecule has 0 aliphatic carbocycles. The number of nitrogens with one attached hydrogen (secondary N) is 1. The first kappa shape index (κ1) is 16.7. The second-order valence-corrected chi connectivity index (χ2v) is 7.36. The van der Waals surface area contributed by atoms with Crippen molar-refractivity contribution in [3.05, 3.63) is 48.2 Å². The number of piperazine rings is 1. The van der Waals surface area contributed by atoms with Crippen molar-refractivity contribution in [1.82, 2.24) is 14.9 Å². The van der Waals surface area contributed by atoms with E-state index in [2.05, 4.69) is 76.2 Å². The highest BCUT2D eigenvalue weighted by Crippen LogP contribution is 2.17. The summed E-state index contributed by atoms with van der Waals surface area (Å²) in [6, 6.07) is 12.7. The van der Waals surface area contributed by atoms with Gasteiger partial charge in [-0.2, -0.15) is 4.98 Å². The number of hydrogen-bond donors (Lipinski definition) is 1. The molecule has 3 rings (SSSR count). The summed E-state index contributed by atoms with van der Waals surface area (Å²) in [5.41, 5.74) is 1.34. The topological polar surface area (TPSA) is 44.3 Å².